The number of rotatable bonds is 5. The molecule has 6 aromatic rings. The van der Waals surface area contributed by atoms with Gasteiger partial charge in [0.05, 0.1) is 17.9 Å². The van der Waals surface area contributed by atoms with Gasteiger partial charge in [0.2, 0.25) is 0 Å². The summed E-state index contributed by atoms with van der Waals surface area (Å²) < 4.78 is 18.7. The van der Waals surface area contributed by atoms with Gasteiger partial charge in [0, 0.05) is 69.6 Å². The minimum atomic E-state index is -1.98. The third-order valence-electron chi connectivity index (χ3n) is 12.0. The summed E-state index contributed by atoms with van der Waals surface area (Å²) in [6.07, 6.45) is -10.8. The van der Waals surface area contributed by atoms with Crippen molar-refractivity contribution in [2.45, 2.75) is 54.9 Å². The predicted octanol–water partition coefficient (Wildman–Crippen LogP) is 3.86. The molecular formula is C45H38O20. The second-order valence-corrected chi connectivity index (χ2v) is 16.0. The van der Waals surface area contributed by atoms with Gasteiger partial charge in [-0.05, 0) is 42.0 Å². The van der Waals surface area contributed by atoms with Crippen LogP contribution in [0.4, 0.5) is 0 Å². The quantitative estimate of drug-likeness (QED) is 0.109. The third-order valence-corrected chi connectivity index (χ3v) is 12.0. The number of fused-ring (bicyclic) bond motifs is 3. The summed E-state index contributed by atoms with van der Waals surface area (Å²) in [6.45, 7) is 0. The second kappa shape index (κ2) is 15.0. The van der Waals surface area contributed by atoms with E-state index < -0.39 is 164 Å². The van der Waals surface area contributed by atoms with Gasteiger partial charge >= 0.3 is 0 Å². The normalized spacial score (nSPS) is 23.2. The first kappa shape index (κ1) is 42.1. The van der Waals surface area contributed by atoms with Crippen molar-refractivity contribution in [2.24, 2.45) is 0 Å². The number of ether oxygens (including phenoxy) is 3. The Morgan fingerprint density at radius 3 is 1.37 bits per heavy atom. The Kier molecular flexibility index (Phi) is 9.70. The highest BCUT2D eigenvalue weighted by Crippen LogP contribution is 2.62. The molecule has 0 spiro atoms. The van der Waals surface area contributed by atoms with E-state index in [1.54, 1.807) is 0 Å². The van der Waals surface area contributed by atoms with Gasteiger partial charge in [-0.15, -0.1) is 0 Å². The molecule has 0 fully saturated rings. The molecule has 0 saturated heterocycles. The smallest absolute Gasteiger partial charge is 0.200 e. The second-order valence-electron chi connectivity index (χ2n) is 16.0. The average Bonchev–Trinajstić information content (AvgIpc) is 3.23. The Hall–Kier alpha value is -8.20. The molecule has 0 amide bonds. The van der Waals surface area contributed by atoms with Crippen LogP contribution in [0.5, 0.6) is 97.7 Å². The third kappa shape index (κ3) is 6.57. The summed E-state index contributed by atoms with van der Waals surface area (Å²) in [4.78, 5) is 0. The maximum Gasteiger partial charge on any atom is 0.200 e. The van der Waals surface area contributed by atoms with Crippen LogP contribution in [0, 0.1) is 0 Å². The zero-order valence-electron chi connectivity index (χ0n) is 33.0. The summed E-state index contributed by atoms with van der Waals surface area (Å²) in [7, 11) is 0. The molecule has 20 heteroatoms. The van der Waals surface area contributed by atoms with Crippen LogP contribution >= 0.6 is 0 Å². The van der Waals surface area contributed by atoms with E-state index >= 15 is 0 Å². The number of aliphatic hydroxyl groups excluding tert-OH is 3. The van der Waals surface area contributed by atoms with E-state index in [2.05, 4.69) is 0 Å². The SMILES string of the molecule is Oc1cc(O)c2c(c1)O[C@H](c1cc(O)c(O)c(O)c1)[C@@H](O)[C@@H]2c1c(O)cc(O)c2c1O[C@H](c1ccc(O)c(O)c1)[C@@H](O)[C@@H]2c1c(O)cc(O)c2c1O[C@H](c1cc(O)c(O)c(O)c1)[C@@H](O)C2. The van der Waals surface area contributed by atoms with Crippen molar-refractivity contribution in [1.82, 2.24) is 0 Å². The fraction of sp³-hybridized carbons (Fsp3) is 0.200. The van der Waals surface area contributed by atoms with Crippen molar-refractivity contribution in [2.75, 3.05) is 0 Å². The molecule has 0 unspecified atom stereocenters. The standard InChI is InChI=1S/C45H38O20/c46-16-8-21(50)31-30(9-16)63-43(15-6-27(56)38(60)28(57)7-15)39(61)35(31)33-23(52)12-24(53)34-36(40(62)42(65-45(33)34)13-1-2-18(47)20(49)3-13)32-22(51)11-19(48)17-10-29(58)41(64-44(17)32)14-4-25(54)37(59)26(55)5-14/h1-9,11-12,29,35-36,39-43,46-62H,10H2/t29-,35-,36+,39-,40-,41+,42+,43+/m0/s1. The van der Waals surface area contributed by atoms with Crippen molar-refractivity contribution in [3.63, 3.8) is 0 Å². The minimum Gasteiger partial charge on any atom is -0.508 e. The van der Waals surface area contributed by atoms with Gasteiger partial charge in [-0.1, -0.05) is 6.07 Å². The van der Waals surface area contributed by atoms with E-state index in [0.29, 0.717) is 0 Å². The largest absolute Gasteiger partial charge is 0.508 e. The highest BCUT2D eigenvalue weighted by Gasteiger charge is 2.51. The van der Waals surface area contributed by atoms with Crippen LogP contribution in [0.15, 0.2) is 66.7 Å². The summed E-state index contributed by atoms with van der Waals surface area (Å²) in [5.74, 6) is -15.4. The van der Waals surface area contributed by atoms with Crippen LogP contribution in [0.2, 0.25) is 0 Å². The van der Waals surface area contributed by atoms with Gasteiger partial charge in [-0.2, -0.15) is 0 Å². The van der Waals surface area contributed by atoms with E-state index in [9.17, 15) is 86.8 Å². The number of hydrogen-bond acceptors (Lipinski definition) is 20. The lowest BCUT2D eigenvalue weighted by molar-refractivity contribution is -0.00566. The molecule has 0 aromatic heterocycles. The lowest BCUT2D eigenvalue weighted by Crippen LogP contribution is -2.39. The molecule has 3 aliphatic heterocycles. The lowest BCUT2D eigenvalue weighted by atomic mass is 9.73. The molecule has 0 radical (unpaired) electrons. The number of aromatic hydroxyl groups is 14. The molecule has 6 aromatic carbocycles. The summed E-state index contributed by atoms with van der Waals surface area (Å²) >= 11 is 0. The lowest BCUT2D eigenvalue weighted by Gasteiger charge is -2.43. The Labute approximate surface area is 364 Å². The van der Waals surface area contributed by atoms with Crippen LogP contribution in [0.25, 0.3) is 0 Å². The monoisotopic (exact) mass is 898 g/mol. The number of phenols is 14. The number of benzene rings is 6. The summed E-state index contributed by atoms with van der Waals surface area (Å²) in [5, 5.41) is 187. The van der Waals surface area contributed by atoms with Crippen molar-refractivity contribution >= 4 is 0 Å². The average molecular weight is 899 g/mol. The van der Waals surface area contributed by atoms with Crippen molar-refractivity contribution in [1.29, 1.82) is 0 Å². The van der Waals surface area contributed by atoms with Gasteiger partial charge in [0.15, 0.2) is 64.3 Å². The molecule has 20 nitrogen and oxygen atoms in total. The number of hydrogen-bond donors (Lipinski definition) is 17. The molecule has 0 saturated carbocycles. The van der Waals surface area contributed by atoms with Crippen LogP contribution < -0.4 is 14.2 Å². The molecule has 17 N–H and O–H groups in total. The predicted molar refractivity (Wildman–Crippen MR) is 217 cm³/mol. The molecule has 338 valence electrons. The molecule has 0 bridgehead atoms. The van der Waals surface area contributed by atoms with E-state index in [1.807, 2.05) is 0 Å². The molecule has 0 aliphatic carbocycles. The van der Waals surface area contributed by atoms with E-state index in [0.717, 1.165) is 60.7 Å². The van der Waals surface area contributed by atoms with Gasteiger partial charge in [0.25, 0.3) is 0 Å². The Bertz CT molecular complexity index is 2900. The maximum atomic E-state index is 12.5. The van der Waals surface area contributed by atoms with Gasteiger partial charge in [-0.3, -0.25) is 0 Å². The van der Waals surface area contributed by atoms with Crippen molar-refractivity contribution < 1.29 is 101 Å². The Morgan fingerprint density at radius 2 is 0.815 bits per heavy atom. The highest BCUT2D eigenvalue weighted by molar-refractivity contribution is 5.71. The van der Waals surface area contributed by atoms with Crippen molar-refractivity contribution in [3.8, 4) is 97.7 Å². The topological polar surface area (TPSA) is 372 Å². The van der Waals surface area contributed by atoms with E-state index in [4.69, 9.17) is 14.2 Å². The molecule has 9 rings (SSSR count). The summed E-state index contributed by atoms with van der Waals surface area (Å²) in [5.41, 5.74) is -2.07. The van der Waals surface area contributed by atoms with Crippen LogP contribution in [0.3, 0.4) is 0 Å². The van der Waals surface area contributed by atoms with Gasteiger partial charge < -0.3 is 101 Å². The van der Waals surface area contributed by atoms with Crippen LogP contribution in [-0.2, 0) is 6.42 Å². The van der Waals surface area contributed by atoms with Gasteiger partial charge in [-0.25, -0.2) is 0 Å². The molecule has 3 aliphatic rings. The molecule has 8 atom stereocenters. The highest BCUT2D eigenvalue weighted by atomic mass is 16.5. The molecular weight excluding hydrogens is 860 g/mol. The maximum absolute atomic E-state index is 12.5. The summed E-state index contributed by atoms with van der Waals surface area (Å²) in [6, 6.07) is 10.7. The Balaban J connectivity index is 1.31. The van der Waals surface area contributed by atoms with E-state index in [1.165, 1.54) is 6.07 Å². The molecule has 65 heavy (non-hydrogen) atoms. The fourth-order valence-electron chi connectivity index (χ4n) is 9.08. The van der Waals surface area contributed by atoms with Crippen molar-refractivity contribution in [3.05, 3.63) is 111 Å². The zero-order chi connectivity index (χ0) is 46.7. The first-order valence-corrected chi connectivity index (χ1v) is 19.5. The molecule has 3 heterocycles. The van der Waals surface area contributed by atoms with Gasteiger partial charge in [0.1, 0.15) is 64.0 Å². The number of phenolic OH excluding ortho intramolecular Hbond substituents is 14. The van der Waals surface area contributed by atoms with Crippen LogP contribution in [0.1, 0.15) is 74.7 Å². The fourth-order valence-corrected chi connectivity index (χ4v) is 9.08. The van der Waals surface area contributed by atoms with E-state index in [-0.39, 0.29) is 33.6 Å². The first-order valence-electron chi connectivity index (χ1n) is 19.5. The first-order chi connectivity index (χ1) is 30.7. The van der Waals surface area contributed by atoms with Crippen LogP contribution in [-0.4, -0.2) is 105 Å². The minimum absolute atomic E-state index is 0.0674. The number of aliphatic hydroxyl groups is 3. The Morgan fingerprint density at radius 1 is 0.369 bits per heavy atom. The zero-order valence-corrected chi connectivity index (χ0v) is 33.0.